The van der Waals surface area contributed by atoms with Crippen molar-refractivity contribution < 1.29 is 24.3 Å². The molecule has 0 bridgehead atoms. The van der Waals surface area contributed by atoms with Crippen molar-refractivity contribution in [3.05, 3.63) is 0 Å². The van der Waals surface area contributed by atoms with Crippen LogP contribution < -0.4 is 27.4 Å². The maximum absolute atomic E-state index is 12.3. The maximum Gasteiger partial charge on any atom is 0.243 e. The second-order valence-electron chi connectivity index (χ2n) is 7.35. The molecule has 0 heterocycles. The van der Waals surface area contributed by atoms with E-state index >= 15 is 0 Å². The molecule has 10 heteroatoms. The van der Waals surface area contributed by atoms with Crippen LogP contribution in [0.4, 0.5) is 0 Å². The molecule has 0 aliphatic carbocycles. The molecule has 0 fully saturated rings. The lowest BCUT2D eigenvalue weighted by atomic mass is 10.0. The van der Waals surface area contributed by atoms with Crippen LogP contribution in [-0.4, -0.2) is 60.0 Å². The first-order chi connectivity index (χ1) is 12.5. The van der Waals surface area contributed by atoms with Crippen LogP contribution in [0.1, 0.15) is 40.5 Å². The molecule has 156 valence electrons. The number of rotatable bonds is 12. The number of carbonyl (C=O) groups is 4. The Labute approximate surface area is 159 Å². The molecule has 3 atom stereocenters. The van der Waals surface area contributed by atoms with Crippen LogP contribution in [-0.2, 0) is 19.2 Å². The normalized spacial score (nSPS) is 14.4. The number of primary amides is 1. The number of hydrogen-bond acceptors (Lipinski definition) is 6. The molecule has 0 saturated carbocycles. The van der Waals surface area contributed by atoms with E-state index in [1.165, 1.54) is 0 Å². The summed E-state index contributed by atoms with van der Waals surface area (Å²) in [7, 11) is 0. The monoisotopic (exact) mass is 387 g/mol. The lowest BCUT2D eigenvalue weighted by Crippen LogP contribution is -2.54. The number of aliphatic hydroxyl groups is 1. The predicted molar refractivity (Wildman–Crippen MR) is 100 cm³/mol. The quantitative estimate of drug-likeness (QED) is 0.225. The van der Waals surface area contributed by atoms with Gasteiger partial charge in [0.05, 0.1) is 13.2 Å². The average molecular weight is 387 g/mol. The first-order valence-electron chi connectivity index (χ1n) is 9.01. The summed E-state index contributed by atoms with van der Waals surface area (Å²) in [5, 5.41) is 16.3. The van der Waals surface area contributed by atoms with Crippen molar-refractivity contribution in [1.29, 1.82) is 0 Å². The summed E-state index contributed by atoms with van der Waals surface area (Å²) < 4.78 is 0. The molecule has 0 spiro atoms. The Morgan fingerprint density at radius 2 is 1.41 bits per heavy atom. The van der Waals surface area contributed by atoms with Crippen molar-refractivity contribution in [3.63, 3.8) is 0 Å². The SMILES string of the molecule is CC(C)C[C@H](NC(=O)CNC(=O)[C@H](CC(C)C)NC(=O)[C@@H](N)CO)C(N)=O. The van der Waals surface area contributed by atoms with Crippen molar-refractivity contribution in [1.82, 2.24) is 16.0 Å². The Hall–Kier alpha value is -2.20. The van der Waals surface area contributed by atoms with Crippen molar-refractivity contribution >= 4 is 23.6 Å². The van der Waals surface area contributed by atoms with Crippen molar-refractivity contribution in [2.24, 2.45) is 23.3 Å². The largest absolute Gasteiger partial charge is 0.394 e. The third-order valence-corrected chi connectivity index (χ3v) is 3.68. The van der Waals surface area contributed by atoms with Gasteiger partial charge < -0.3 is 32.5 Å². The Morgan fingerprint density at radius 1 is 0.889 bits per heavy atom. The third kappa shape index (κ3) is 10.5. The van der Waals surface area contributed by atoms with E-state index in [1.54, 1.807) is 0 Å². The van der Waals surface area contributed by atoms with Crippen LogP contribution >= 0.6 is 0 Å². The lowest BCUT2D eigenvalue weighted by molar-refractivity contribution is -0.132. The molecule has 4 amide bonds. The minimum Gasteiger partial charge on any atom is -0.394 e. The van der Waals surface area contributed by atoms with Crippen molar-refractivity contribution in [3.8, 4) is 0 Å². The molecule has 0 aliphatic rings. The summed E-state index contributed by atoms with van der Waals surface area (Å²) in [6.07, 6.45) is 0.717. The van der Waals surface area contributed by atoms with Gasteiger partial charge in [-0.1, -0.05) is 27.7 Å². The zero-order valence-electron chi connectivity index (χ0n) is 16.5. The van der Waals surface area contributed by atoms with Crippen LogP contribution in [0.5, 0.6) is 0 Å². The van der Waals surface area contributed by atoms with Gasteiger partial charge in [-0.15, -0.1) is 0 Å². The molecular weight excluding hydrogens is 354 g/mol. The molecular formula is C17H33N5O5. The van der Waals surface area contributed by atoms with E-state index in [1.807, 2.05) is 27.7 Å². The number of carbonyl (C=O) groups excluding carboxylic acids is 4. The summed E-state index contributed by atoms with van der Waals surface area (Å²) in [5.74, 6) is -2.18. The van der Waals surface area contributed by atoms with Gasteiger partial charge in [0.15, 0.2) is 0 Å². The highest BCUT2D eigenvalue weighted by Gasteiger charge is 2.25. The van der Waals surface area contributed by atoms with Crippen LogP contribution in [0, 0.1) is 11.8 Å². The number of aliphatic hydroxyl groups excluding tert-OH is 1. The van der Waals surface area contributed by atoms with E-state index in [0.717, 1.165) is 0 Å². The van der Waals surface area contributed by atoms with Gasteiger partial charge in [0, 0.05) is 0 Å². The number of nitrogens with one attached hydrogen (secondary N) is 3. The van der Waals surface area contributed by atoms with E-state index in [9.17, 15) is 19.2 Å². The number of hydrogen-bond donors (Lipinski definition) is 6. The Morgan fingerprint density at radius 3 is 1.85 bits per heavy atom. The highest BCUT2D eigenvalue weighted by Crippen LogP contribution is 2.06. The van der Waals surface area contributed by atoms with Gasteiger partial charge in [-0.05, 0) is 24.7 Å². The standard InChI is InChI=1S/C17H33N5O5/c1-9(2)5-12(15(19)25)21-14(24)7-20-17(27)13(6-10(3)4)22-16(26)11(18)8-23/h9-13,23H,5-8,18H2,1-4H3,(H2,19,25)(H,20,27)(H,21,24)(H,22,26)/t11-,12-,13-/m0/s1. The average Bonchev–Trinajstić information content (AvgIpc) is 2.56. The number of amides is 4. The van der Waals surface area contributed by atoms with Gasteiger partial charge in [0.1, 0.15) is 18.1 Å². The van der Waals surface area contributed by atoms with Gasteiger partial charge >= 0.3 is 0 Å². The van der Waals surface area contributed by atoms with Gasteiger partial charge in [0.25, 0.3) is 0 Å². The topological polar surface area (TPSA) is 177 Å². The van der Waals surface area contributed by atoms with E-state index in [0.29, 0.717) is 12.8 Å². The molecule has 0 aromatic heterocycles. The summed E-state index contributed by atoms with van der Waals surface area (Å²) in [6, 6.07) is -2.85. The van der Waals surface area contributed by atoms with Crippen molar-refractivity contribution in [2.75, 3.05) is 13.2 Å². The van der Waals surface area contributed by atoms with Crippen LogP contribution in [0.3, 0.4) is 0 Å². The molecule has 27 heavy (non-hydrogen) atoms. The Kier molecular flexibility index (Phi) is 11.2. The molecule has 0 rings (SSSR count). The Balaban J connectivity index is 4.75. The fourth-order valence-corrected chi connectivity index (χ4v) is 2.32. The fourth-order valence-electron chi connectivity index (χ4n) is 2.32. The minimum absolute atomic E-state index is 0.0884. The minimum atomic E-state index is -1.14. The van der Waals surface area contributed by atoms with Gasteiger partial charge in [0.2, 0.25) is 23.6 Å². The molecule has 0 aromatic rings. The highest BCUT2D eigenvalue weighted by molar-refractivity contribution is 5.93. The highest BCUT2D eigenvalue weighted by atomic mass is 16.3. The fraction of sp³-hybridized carbons (Fsp3) is 0.765. The van der Waals surface area contributed by atoms with E-state index in [-0.39, 0.29) is 18.4 Å². The molecule has 0 radical (unpaired) electrons. The smallest absolute Gasteiger partial charge is 0.243 e. The third-order valence-electron chi connectivity index (χ3n) is 3.68. The van der Waals surface area contributed by atoms with Gasteiger partial charge in [-0.3, -0.25) is 19.2 Å². The molecule has 0 aromatic carbocycles. The first kappa shape index (κ1) is 24.8. The Bertz CT molecular complexity index is 524. The summed E-state index contributed by atoms with van der Waals surface area (Å²) in [6.45, 7) is 6.61. The molecule has 0 unspecified atom stereocenters. The molecule has 8 N–H and O–H groups in total. The summed E-state index contributed by atoms with van der Waals surface area (Å²) in [4.78, 5) is 47.5. The van der Waals surface area contributed by atoms with Crippen LogP contribution in [0.15, 0.2) is 0 Å². The second-order valence-corrected chi connectivity index (χ2v) is 7.35. The first-order valence-corrected chi connectivity index (χ1v) is 9.01. The van der Waals surface area contributed by atoms with Crippen LogP contribution in [0.2, 0.25) is 0 Å². The van der Waals surface area contributed by atoms with Crippen molar-refractivity contribution in [2.45, 2.75) is 58.7 Å². The van der Waals surface area contributed by atoms with E-state index < -0.39 is 48.4 Å². The van der Waals surface area contributed by atoms with Crippen LogP contribution in [0.25, 0.3) is 0 Å². The van der Waals surface area contributed by atoms with E-state index in [2.05, 4.69) is 16.0 Å². The van der Waals surface area contributed by atoms with E-state index in [4.69, 9.17) is 16.6 Å². The second kappa shape index (κ2) is 12.2. The predicted octanol–water partition coefficient (Wildman–Crippen LogP) is -2.03. The zero-order valence-corrected chi connectivity index (χ0v) is 16.5. The van der Waals surface area contributed by atoms with Gasteiger partial charge in [-0.2, -0.15) is 0 Å². The zero-order chi connectivity index (χ0) is 21.1. The molecule has 0 saturated heterocycles. The summed E-state index contributed by atoms with van der Waals surface area (Å²) >= 11 is 0. The number of nitrogens with two attached hydrogens (primary N) is 2. The molecule has 10 nitrogen and oxygen atoms in total. The molecule has 0 aliphatic heterocycles. The summed E-state index contributed by atoms with van der Waals surface area (Å²) in [5.41, 5.74) is 10.7. The lowest BCUT2D eigenvalue weighted by Gasteiger charge is -2.22. The van der Waals surface area contributed by atoms with Gasteiger partial charge in [-0.25, -0.2) is 0 Å². The maximum atomic E-state index is 12.3.